The quantitative estimate of drug-likeness (QED) is 0.480. The molecule has 4 heterocycles. The molecule has 6 nitrogen and oxygen atoms in total. The summed E-state index contributed by atoms with van der Waals surface area (Å²) < 4.78 is 1.84. The summed E-state index contributed by atoms with van der Waals surface area (Å²) in [6.07, 6.45) is 2.82. The van der Waals surface area contributed by atoms with Gasteiger partial charge in [-0.25, -0.2) is 9.67 Å². The molecule has 1 saturated heterocycles. The number of carbonyl (C=O) groups excluding carboxylic acids is 1. The van der Waals surface area contributed by atoms with Crippen LogP contribution in [-0.4, -0.2) is 43.8 Å². The van der Waals surface area contributed by atoms with E-state index in [4.69, 9.17) is 4.98 Å². The highest BCUT2D eigenvalue weighted by Crippen LogP contribution is 2.33. The lowest BCUT2D eigenvalue weighted by Gasteiger charge is -2.34. The highest BCUT2D eigenvalue weighted by molar-refractivity contribution is 7.13. The van der Waals surface area contributed by atoms with Gasteiger partial charge in [0.1, 0.15) is 0 Å². The second-order valence-electron chi connectivity index (χ2n) is 8.22. The molecule has 1 atom stereocenters. The third kappa shape index (κ3) is 3.82. The second kappa shape index (κ2) is 8.84. The van der Waals surface area contributed by atoms with Crippen molar-refractivity contribution >= 4 is 28.3 Å². The SMILES string of the molecule is CCn1ncc2c(C(=O)N3CCC([C@H](O)c4ccccc4)CC3)cc(-c3cccs3)nc21. The largest absolute Gasteiger partial charge is 0.388 e. The predicted molar refractivity (Wildman–Crippen MR) is 127 cm³/mol. The van der Waals surface area contributed by atoms with Crippen LogP contribution >= 0.6 is 11.3 Å². The van der Waals surface area contributed by atoms with Crippen LogP contribution in [0, 0.1) is 5.92 Å². The number of pyridine rings is 1. The number of amides is 1. The van der Waals surface area contributed by atoms with E-state index in [1.807, 2.05) is 70.4 Å². The molecule has 1 fully saturated rings. The number of likely N-dealkylation sites (tertiary alicyclic amines) is 1. The molecule has 1 aromatic carbocycles. The number of fused-ring (bicyclic) bond motifs is 1. The molecule has 7 heteroatoms. The summed E-state index contributed by atoms with van der Waals surface area (Å²) in [5.41, 5.74) is 3.15. The Morgan fingerprint density at radius 3 is 2.66 bits per heavy atom. The van der Waals surface area contributed by atoms with E-state index in [2.05, 4.69) is 5.10 Å². The Balaban J connectivity index is 1.40. The van der Waals surface area contributed by atoms with Crippen molar-refractivity contribution in [1.82, 2.24) is 19.7 Å². The van der Waals surface area contributed by atoms with Crippen LogP contribution in [0.25, 0.3) is 21.6 Å². The Labute approximate surface area is 191 Å². The van der Waals surface area contributed by atoms with Gasteiger partial charge in [0, 0.05) is 19.6 Å². The number of carbonyl (C=O) groups is 1. The second-order valence-corrected chi connectivity index (χ2v) is 9.16. The molecule has 1 N–H and O–H groups in total. The molecule has 164 valence electrons. The number of aliphatic hydroxyl groups is 1. The highest BCUT2D eigenvalue weighted by atomic mass is 32.1. The summed E-state index contributed by atoms with van der Waals surface area (Å²) >= 11 is 1.61. The number of aliphatic hydroxyl groups excluding tert-OH is 1. The number of piperidine rings is 1. The van der Waals surface area contributed by atoms with Crippen molar-refractivity contribution < 1.29 is 9.90 Å². The smallest absolute Gasteiger partial charge is 0.254 e. The summed E-state index contributed by atoms with van der Waals surface area (Å²) in [6.45, 7) is 3.98. The number of thiophene rings is 1. The predicted octanol–water partition coefficient (Wildman–Crippen LogP) is 4.77. The first-order valence-corrected chi connectivity index (χ1v) is 12.0. The average molecular weight is 447 g/mol. The van der Waals surface area contributed by atoms with Crippen LogP contribution in [-0.2, 0) is 6.54 Å². The Bertz CT molecular complexity index is 1210. The molecule has 0 spiro atoms. The van der Waals surface area contributed by atoms with Crippen molar-refractivity contribution in [3.05, 3.63) is 71.2 Å². The molecule has 32 heavy (non-hydrogen) atoms. The zero-order chi connectivity index (χ0) is 22.1. The fourth-order valence-corrected chi connectivity index (χ4v) is 5.20. The first-order chi connectivity index (χ1) is 15.7. The summed E-state index contributed by atoms with van der Waals surface area (Å²) in [6, 6.07) is 15.7. The maximum absolute atomic E-state index is 13.6. The molecule has 1 aliphatic rings. The van der Waals surface area contributed by atoms with Crippen LogP contribution in [0.1, 0.15) is 41.8 Å². The van der Waals surface area contributed by atoms with Gasteiger partial charge in [-0.1, -0.05) is 36.4 Å². The maximum atomic E-state index is 13.6. The first kappa shape index (κ1) is 20.8. The van der Waals surface area contributed by atoms with E-state index in [0.29, 0.717) is 25.2 Å². The number of benzene rings is 1. The van der Waals surface area contributed by atoms with Gasteiger partial charge in [0.05, 0.1) is 33.8 Å². The van der Waals surface area contributed by atoms with Gasteiger partial charge in [0.2, 0.25) is 0 Å². The fourth-order valence-electron chi connectivity index (χ4n) is 4.52. The van der Waals surface area contributed by atoms with Crippen molar-refractivity contribution in [2.45, 2.75) is 32.4 Å². The molecule has 0 radical (unpaired) electrons. The zero-order valence-corrected chi connectivity index (χ0v) is 18.8. The maximum Gasteiger partial charge on any atom is 0.254 e. The Kier molecular flexibility index (Phi) is 5.76. The first-order valence-electron chi connectivity index (χ1n) is 11.1. The number of aromatic nitrogens is 3. The van der Waals surface area contributed by atoms with Gasteiger partial charge in [-0.15, -0.1) is 11.3 Å². The summed E-state index contributed by atoms with van der Waals surface area (Å²) in [5.74, 6) is 0.168. The van der Waals surface area contributed by atoms with Gasteiger partial charge in [-0.05, 0) is 48.8 Å². The molecule has 0 bridgehead atoms. The third-order valence-electron chi connectivity index (χ3n) is 6.33. The van der Waals surface area contributed by atoms with E-state index in [1.54, 1.807) is 17.5 Å². The van der Waals surface area contributed by atoms with Crippen LogP contribution in [0.2, 0.25) is 0 Å². The van der Waals surface area contributed by atoms with E-state index in [9.17, 15) is 9.90 Å². The molecule has 0 aliphatic carbocycles. The zero-order valence-electron chi connectivity index (χ0n) is 18.0. The lowest BCUT2D eigenvalue weighted by molar-refractivity contribution is 0.0463. The van der Waals surface area contributed by atoms with Crippen molar-refractivity contribution in [3.63, 3.8) is 0 Å². The molecular formula is C25H26N4O2S. The highest BCUT2D eigenvalue weighted by Gasteiger charge is 2.30. The molecule has 5 rings (SSSR count). The van der Waals surface area contributed by atoms with Gasteiger partial charge >= 0.3 is 0 Å². The van der Waals surface area contributed by atoms with Crippen LogP contribution in [0.3, 0.4) is 0 Å². The van der Waals surface area contributed by atoms with E-state index in [1.165, 1.54) is 0 Å². The number of hydrogen-bond donors (Lipinski definition) is 1. The van der Waals surface area contributed by atoms with E-state index in [-0.39, 0.29) is 11.8 Å². The average Bonchev–Trinajstić information content (AvgIpc) is 3.53. The number of nitrogens with zero attached hydrogens (tertiary/aromatic N) is 4. The molecule has 3 aromatic heterocycles. The standard InChI is InChI=1S/C25H26N4O2S/c1-2-29-24-20(16-26-29)19(15-21(27-24)22-9-6-14-32-22)25(31)28-12-10-18(11-13-28)23(30)17-7-4-3-5-8-17/h3-9,14-16,18,23,30H,2,10-13H2,1H3/t23-/m1/s1. The monoisotopic (exact) mass is 446 g/mol. The van der Waals surface area contributed by atoms with Crippen molar-refractivity contribution in [2.75, 3.05) is 13.1 Å². The van der Waals surface area contributed by atoms with Crippen molar-refractivity contribution in [1.29, 1.82) is 0 Å². The lowest BCUT2D eigenvalue weighted by Crippen LogP contribution is -2.39. The molecule has 4 aromatic rings. The van der Waals surface area contributed by atoms with Crippen LogP contribution in [0.15, 0.2) is 60.1 Å². The van der Waals surface area contributed by atoms with E-state index < -0.39 is 6.10 Å². The molecule has 0 unspecified atom stereocenters. The third-order valence-corrected chi connectivity index (χ3v) is 7.22. The summed E-state index contributed by atoms with van der Waals surface area (Å²) in [7, 11) is 0. The topological polar surface area (TPSA) is 71.2 Å². The van der Waals surface area contributed by atoms with E-state index >= 15 is 0 Å². The van der Waals surface area contributed by atoms with Crippen molar-refractivity contribution in [2.24, 2.45) is 5.92 Å². The lowest BCUT2D eigenvalue weighted by atomic mass is 9.87. The number of aryl methyl sites for hydroxylation is 1. The summed E-state index contributed by atoms with van der Waals surface area (Å²) in [5, 5.41) is 18.0. The van der Waals surface area contributed by atoms with Crippen LogP contribution in [0.4, 0.5) is 0 Å². The van der Waals surface area contributed by atoms with Gasteiger partial charge in [0.15, 0.2) is 5.65 Å². The Morgan fingerprint density at radius 2 is 1.97 bits per heavy atom. The van der Waals surface area contributed by atoms with Gasteiger partial charge < -0.3 is 10.0 Å². The Hall–Kier alpha value is -3.03. The van der Waals surface area contributed by atoms with Crippen LogP contribution in [0.5, 0.6) is 0 Å². The number of hydrogen-bond acceptors (Lipinski definition) is 5. The molecule has 1 aliphatic heterocycles. The van der Waals surface area contributed by atoms with Gasteiger partial charge in [-0.2, -0.15) is 5.10 Å². The molecule has 0 saturated carbocycles. The minimum Gasteiger partial charge on any atom is -0.388 e. The molecule has 1 amide bonds. The summed E-state index contributed by atoms with van der Waals surface area (Å²) in [4.78, 5) is 21.3. The van der Waals surface area contributed by atoms with Crippen LogP contribution < -0.4 is 0 Å². The molecular weight excluding hydrogens is 420 g/mol. The van der Waals surface area contributed by atoms with E-state index in [0.717, 1.165) is 40.0 Å². The van der Waals surface area contributed by atoms with Gasteiger partial charge in [0.25, 0.3) is 5.91 Å². The van der Waals surface area contributed by atoms with Crippen molar-refractivity contribution in [3.8, 4) is 10.6 Å². The number of rotatable bonds is 5. The normalized spacial score (nSPS) is 15.9. The fraction of sp³-hybridized carbons (Fsp3) is 0.320. The van der Waals surface area contributed by atoms with Gasteiger partial charge in [-0.3, -0.25) is 4.79 Å². The Morgan fingerprint density at radius 1 is 1.19 bits per heavy atom. The minimum atomic E-state index is -0.491. The minimum absolute atomic E-state index is 0.0125.